The predicted molar refractivity (Wildman–Crippen MR) is 69.8 cm³/mol. The van der Waals surface area contributed by atoms with Gasteiger partial charge in [-0.2, -0.15) is 0 Å². The fraction of sp³-hybridized carbons (Fsp3) is 0.154. The molecule has 1 aromatic carbocycles. The number of rotatable bonds is 3. The molecular formula is C13H11N3O3. The van der Waals surface area contributed by atoms with E-state index in [-0.39, 0.29) is 11.5 Å². The van der Waals surface area contributed by atoms with Crippen LogP contribution in [0, 0.1) is 10.1 Å². The smallest absolute Gasteiger partial charge is 0.311 e. The van der Waals surface area contributed by atoms with E-state index in [1.54, 1.807) is 6.07 Å². The largest absolute Gasteiger partial charge is 0.493 e. The van der Waals surface area contributed by atoms with Gasteiger partial charge in [-0.3, -0.25) is 10.1 Å². The Morgan fingerprint density at radius 1 is 1.37 bits per heavy atom. The van der Waals surface area contributed by atoms with E-state index in [0.29, 0.717) is 6.61 Å². The van der Waals surface area contributed by atoms with Crippen LogP contribution in [0.15, 0.2) is 36.5 Å². The number of hydrogen-bond donors (Lipinski definition) is 1. The molecule has 0 saturated heterocycles. The van der Waals surface area contributed by atoms with E-state index in [0.717, 1.165) is 23.4 Å². The van der Waals surface area contributed by atoms with Crippen molar-refractivity contribution < 1.29 is 9.66 Å². The van der Waals surface area contributed by atoms with Crippen molar-refractivity contribution in [3.05, 3.63) is 52.2 Å². The summed E-state index contributed by atoms with van der Waals surface area (Å²) in [6.45, 7) is 0.683. The van der Waals surface area contributed by atoms with Gasteiger partial charge in [0.2, 0.25) is 5.82 Å². The van der Waals surface area contributed by atoms with Gasteiger partial charge in [0.25, 0.3) is 0 Å². The molecule has 0 aliphatic carbocycles. The van der Waals surface area contributed by atoms with Gasteiger partial charge in [0.1, 0.15) is 5.75 Å². The van der Waals surface area contributed by atoms with Gasteiger partial charge in [0, 0.05) is 24.4 Å². The number of nitrogens with one attached hydrogen (secondary N) is 1. The fourth-order valence-corrected chi connectivity index (χ4v) is 2.04. The molecule has 96 valence electrons. The minimum absolute atomic E-state index is 0.0424. The molecule has 0 unspecified atom stereocenters. The van der Waals surface area contributed by atoms with Gasteiger partial charge in [-0.25, -0.2) is 4.98 Å². The third-order valence-corrected chi connectivity index (χ3v) is 2.94. The van der Waals surface area contributed by atoms with E-state index in [9.17, 15) is 10.1 Å². The van der Waals surface area contributed by atoms with Crippen molar-refractivity contribution in [3.63, 3.8) is 0 Å². The van der Waals surface area contributed by atoms with Crippen molar-refractivity contribution in [2.45, 2.75) is 6.42 Å². The van der Waals surface area contributed by atoms with Crippen LogP contribution >= 0.6 is 0 Å². The van der Waals surface area contributed by atoms with E-state index in [4.69, 9.17) is 4.74 Å². The molecule has 3 rings (SSSR count). The Balaban J connectivity index is 1.91. The number of benzene rings is 1. The van der Waals surface area contributed by atoms with Gasteiger partial charge < -0.3 is 10.1 Å². The Morgan fingerprint density at radius 2 is 2.26 bits per heavy atom. The SMILES string of the molecule is O=[N+]([O-])c1cccnc1Nc1ccc2c(c1)CCO2. The van der Waals surface area contributed by atoms with Gasteiger partial charge in [0.15, 0.2) is 0 Å². The molecule has 19 heavy (non-hydrogen) atoms. The van der Waals surface area contributed by atoms with Gasteiger partial charge in [-0.05, 0) is 29.8 Å². The number of anilines is 2. The highest BCUT2D eigenvalue weighted by molar-refractivity contribution is 5.66. The second kappa shape index (κ2) is 4.56. The summed E-state index contributed by atoms with van der Waals surface area (Å²) < 4.78 is 5.41. The zero-order valence-corrected chi connectivity index (χ0v) is 10.00. The minimum atomic E-state index is -0.453. The van der Waals surface area contributed by atoms with Crippen molar-refractivity contribution in [3.8, 4) is 5.75 Å². The summed E-state index contributed by atoms with van der Waals surface area (Å²) in [5.41, 5.74) is 1.83. The Bertz CT molecular complexity index is 643. The van der Waals surface area contributed by atoms with Crippen molar-refractivity contribution in [1.82, 2.24) is 4.98 Å². The molecule has 1 aliphatic rings. The molecule has 0 atom stereocenters. The molecule has 1 N–H and O–H groups in total. The molecular weight excluding hydrogens is 246 g/mol. The van der Waals surface area contributed by atoms with E-state index in [1.165, 1.54) is 12.3 Å². The maximum Gasteiger partial charge on any atom is 0.311 e. The summed E-state index contributed by atoms with van der Waals surface area (Å²) in [4.78, 5) is 14.5. The Hall–Kier alpha value is -2.63. The molecule has 1 aliphatic heterocycles. The third kappa shape index (κ3) is 2.20. The number of fused-ring (bicyclic) bond motifs is 1. The van der Waals surface area contributed by atoms with Crippen LogP contribution in [-0.2, 0) is 6.42 Å². The predicted octanol–water partition coefficient (Wildman–Crippen LogP) is 2.67. The molecule has 2 heterocycles. The van der Waals surface area contributed by atoms with Gasteiger partial charge in [-0.1, -0.05) is 0 Å². The molecule has 1 aromatic heterocycles. The Morgan fingerprint density at radius 3 is 3.11 bits per heavy atom. The maximum absolute atomic E-state index is 10.9. The number of aromatic nitrogens is 1. The van der Waals surface area contributed by atoms with E-state index in [2.05, 4.69) is 10.3 Å². The lowest BCUT2D eigenvalue weighted by molar-refractivity contribution is -0.384. The second-order valence-corrected chi connectivity index (χ2v) is 4.17. The van der Waals surface area contributed by atoms with E-state index >= 15 is 0 Å². The lowest BCUT2D eigenvalue weighted by Gasteiger charge is -2.07. The van der Waals surface area contributed by atoms with E-state index < -0.39 is 4.92 Å². The monoisotopic (exact) mass is 257 g/mol. The van der Waals surface area contributed by atoms with Crippen LogP contribution in [0.1, 0.15) is 5.56 Å². The van der Waals surface area contributed by atoms with Crippen LogP contribution in [0.3, 0.4) is 0 Å². The normalized spacial score (nSPS) is 12.6. The minimum Gasteiger partial charge on any atom is -0.493 e. The zero-order valence-electron chi connectivity index (χ0n) is 10.00. The van der Waals surface area contributed by atoms with Crippen LogP contribution in [0.25, 0.3) is 0 Å². The molecule has 0 saturated carbocycles. The summed E-state index contributed by atoms with van der Waals surface area (Å²) >= 11 is 0. The zero-order chi connectivity index (χ0) is 13.2. The molecule has 0 fully saturated rings. The summed E-state index contributed by atoms with van der Waals surface area (Å²) in [5.74, 6) is 1.12. The first-order valence-corrected chi connectivity index (χ1v) is 5.86. The molecule has 6 nitrogen and oxygen atoms in total. The lowest BCUT2D eigenvalue weighted by atomic mass is 10.1. The summed E-state index contributed by atoms with van der Waals surface area (Å²) in [6.07, 6.45) is 2.38. The van der Waals surface area contributed by atoms with Crippen molar-refractivity contribution in [1.29, 1.82) is 0 Å². The number of nitro groups is 1. The van der Waals surface area contributed by atoms with Crippen LogP contribution in [-0.4, -0.2) is 16.5 Å². The van der Waals surface area contributed by atoms with Gasteiger partial charge in [0.05, 0.1) is 11.5 Å². The maximum atomic E-state index is 10.9. The molecule has 0 bridgehead atoms. The van der Waals surface area contributed by atoms with Crippen LogP contribution in [0.2, 0.25) is 0 Å². The molecule has 0 amide bonds. The quantitative estimate of drug-likeness (QED) is 0.675. The first kappa shape index (κ1) is 11.5. The topological polar surface area (TPSA) is 77.3 Å². The number of pyridine rings is 1. The van der Waals surface area contributed by atoms with Crippen molar-refractivity contribution >= 4 is 17.2 Å². The molecule has 2 aromatic rings. The number of ether oxygens (including phenoxy) is 1. The lowest BCUT2D eigenvalue weighted by Crippen LogP contribution is -1.99. The standard InChI is InChI=1S/C13H11N3O3/c17-16(18)11-2-1-6-14-13(11)15-10-3-4-12-9(8-10)5-7-19-12/h1-4,6,8H,5,7H2,(H,14,15). The van der Waals surface area contributed by atoms with Crippen LogP contribution in [0.5, 0.6) is 5.75 Å². The summed E-state index contributed by atoms with van der Waals surface area (Å²) in [6, 6.07) is 8.58. The first-order valence-electron chi connectivity index (χ1n) is 5.86. The first-order chi connectivity index (χ1) is 9.24. The van der Waals surface area contributed by atoms with Gasteiger partial charge in [-0.15, -0.1) is 0 Å². The van der Waals surface area contributed by atoms with Gasteiger partial charge >= 0.3 is 5.69 Å². The Labute approximate surface area is 109 Å². The highest BCUT2D eigenvalue weighted by Crippen LogP contribution is 2.30. The highest BCUT2D eigenvalue weighted by atomic mass is 16.6. The fourth-order valence-electron chi connectivity index (χ4n) is 2.04. The van der Waals surface area contributed by atoms with E-state index in [1.807, 2.05) is 18.2 Å². The third-order valence-electron chi connectivity index (χ3n) is 2.94. The summed E-state index contributed by atoms with van der Waals surface area (Å²) in [5, 5.41) is 13.9. The number of nitrogens with zero attached hydrogens (tertiary/aromatic N) is 2. The highest BCUT2D eigenvalue weighted by Gasteiger charge is 2.16. The van der Waals surface area contributed by atoms with Crippen molar-refractivity contribution in [2.24, 2.45) is 0 Å². The average Bonchev–Trinajstić information content (AvgIpc) is 2.86. The average molecular weight is 257 g/mol. The van der Waals surface area contributed by atoms with Crippen molar-refractivity contribution in [2.75, 3.05) is 11.9 Å². The Kier molecular flexibility index (Phi) is 2.75. The second-order valence-electron chi connectivity index (χ2n) is 4.17. The molecule has 6 heteroatoms. The molecule has 0 radical (unpaired) electrons. The van der Waals surface area contributed by atoms with Crippen LogP contribution in [0.4, 0.5) is 17.2 Å². The molecule has 0 spiro atoms. The summed E-state index contributed by atoms with van der Waals surface area (Å²) in [7, 11) is 0. The van der Waals surface area contributed by atoms with Crippen LogP contribution < -0.4 is 10.1 Å². The number of hydrogen-bond acceptors (Lipinski definition) is 5.